The van der Waals surface area contributed by atoms with Gasteiger partial charge in [0.15, 0.2) is 8.46 Å². The second kappa shape index (κ2) is 12.3. The number of nitrogens with two attached hydrogens (primary N) is 1. The molecule has 0 rings (SSSR count). The summed E-state index contributed by atoms with van der Waals surface area (Å²) >= 11 is 0. The van der Waals surface area contributed by atoms with Crippen LogP contribution >= 0.6 is 20.9 Å². The minimum absolute atomic E-state index is 0. The first-order valence-corrected chi connectivity index (χ1v) is 5.82. The minimum Gasteiger partial charge on any atom is -0.328 e. The van der Waals surface area contributed by atoms with Crippen LogP contribution in [0.25, 0.3) is 0 Å². The molecule has 2 nitrogen and oxygen atoms in total. The highest BCUT2D eigenvalue weighted by Crippen LogP contribution is 2.08. The zero-order valence-electron chi connectivity index (χ0n) is 8.37. The van der Waals surface area contributed by atoms with Gasteiger partial charge in [-0.05, 0) is 19.8 Å². The van der Waals surface area contributed by atoms with Crippen LogP contribution in [0, 0.1) is 0 Å². The van der Waals surface area contributed by atoms with Crippen molar-refractivity contribution in [2.45, 2.75) is 51.5 Å². The molecule has 2 N–H and O–H groups in total. The van der Waals surface area contributed by atoms with Crippen LogP contribution in [0.2, 0.25) is 0 Å². The highest BCUT2D eigenvalue weighted by Gasteiger charge is 1.94. The Bertz CT molecular complexity index is 112. The summed E-state index contributed by atoms with van der Waals surface area (Å²) in [6, 6.07) is 0.352. The van der Waals surface area contributed by atoms with Crippen LogP contribution in [-0.4, -0.2) is 12.2 Å². The quantitative estimate of drug-likeness (QED) is 0.508. The summed E-state index contributed by atoms with van der Waals surface area (Å²) in [5.41, 5.74) is 5.61. The third-order valence-corrected chi connectivity index (χ3v) is 2.41. The average molecular weight is 226 g/mol. The number of halogens is 1. The zero-order valence-corrected chi connectivity index (χ0v) is 10.1. The lowest BCUT2D eigenvalue weighted by Gasteiger charge is -2.03. The van der Waals surface area contributed by atoms with Gasteiger partial charge in [0.25, 0.3) is 0 Å². The van der Waals surface area contributed by atoms with Gasteiger partial charge in [-0.1, -0.05) is 25.7 Å². The van der Waals surface area contributed by atoms with E-state index in [-0.39, 0.29) is 12.4 Å². The molecule has 0 aromatic rings. The van der Waals surface area contributed by atoms with E-state index in [9.17, 15) is 4.57 Å². The third-order valence-electron chi connectivity index (χ3n) is 1.91. The van der Waals surface area contributed by atoms with E-state index in [1.165, 1.54) is 25.7 Å². The van der Waals surface area contributed by atoms with Crippen molar-refractivity contribution in [2.24, 2.45) is 5.73 Å². The molecule has 80 valence electrons. The predicted octanol–water partition coefficient (Wildman–Crippen LogP) is 3.39. The molecule has 13 heavy (non-hydrogen) atoms. The standard InChI is InChI=1S/C9H20NOP.ClH/c1-9(10)7-5-3-2-4-6-8-12-11;/h9H,2-8,10H2,1H3;1H. The molecule has 1 atom stereocenters. The monoisotopic (exact) mass is 225 g/mol. The van der Waals surface area contributed by atoms with Gasteiger partial charge in [0.1, 0.15) is 0 Å². The van der Waals surface area contributed by atoms with E-state index < -0.39 is 0 Å². The molecule has 0 aliphatic carbocycles. The largest absolute Gasteiger partial charge is 0.328 e. The van der Waals surface area contributed by atoms with Crippen LogP contribution in [0.15, 0.2) is 0 Å². The number of hydrogen-bond acceptors (Lipinski definition) is 2. The molecule has 0 saturated heterocycles. The lowest BCUT2D eigenvalue weighted by molar-refractivity contribution is 0.561. The average Bonchev–Trinajstić information content (AvgIpc) is 2.02. The summed E-state index contributed by atoms with van der Waals surface area (Å²) in [7, 11) is 0.298. The number of rotatable bonds is 8. The molecule has 0 radical (unpaired) electrons. The smallest absolute Gasteiger partial charge is 0.155 e. The summed E-state index contributed by atoms with van der Waals surface area (Å²) in [5.74, 6) is 0. The Morgan fingerprint density at radius 2 is 1.69 bits per heavy atom. The Kier molecular flexibility index (Phi) is 15.0. The van der Waals surface area contributed by atoms with Gasteiger partial charge in [-0.25, -0.2) is 0 Å². The lowest BCUT2D eigenvalue weighted by atomic mass is 10.1. The van der Waals surface area contributed by atoms with E-state index in [0.717, 1.165) is 19.0 Å². The topological polar surface area (TPSA) is 43.1 Å². The Morgan fingerprint density at radius 1 is 1.15 bits per heavy atom. The van der Waals surface area contributed by atoms with Crippen molar-refractivity contribution in [1.29, 1.82) is 0 Å². The zero-order chi connectivity index (χ0) is 9.23. The molecule has 1 unspecified atom stereocenters. The Hall–Kier alpha value is 0.350. The first-order valence-electron chi connectivity index (χ1n) is 4.82. The Morgan fingerprint density at radius 3 is 2.23 bits per heavy atom. The Balaban J connectivity index is 0. The van der Waals surface area contributed by atoms with Gasteiger partial charge in [-0.2, -0.15) is 0 Å². The maximum atomic E-state index is 10.1. The van der Waals surface area contributed by atoms with Crippen LogP contribution in [0.1, 0.15) is 45.4 Å². The fourth-order valence-corrected chi connectivity index (χ4v) is 1.53. The fraction of sp³-hybridized carbons (Fsp3) is 1.00. The van der Waals surface area contributed by atoms with Crippen molar-refractivity contribution in [1.82, 2.24) is 0 Å². The van der Waals surface area contributed by atoms with Crippen LogP contribution in [-0.2, 0) is 4.57 Å². The summed E-state index contributed by atoms with van der Waals surface area (Å²) in [4.78, 5) is 0. The predicted molar refractivity (Wildman–Crippen MR) is 61.1 cm³/mol. The highest BCUT2D eigenvalue weighted by molar-refractivity contribution is 7.23. The van der Waals surface area contributed by atoms with Crippen molar-refractivity contribution in [3.8, 4) is 0 Å². The van der Waals surface area contributed by atoms with E-state index in [2.05, 4.69) is 6.92 Å². The highest BCUT2D eigenvalue weighted by atomic mass is 35.5. The van der Waals surface area contributed by atoms with Crippen molar-refractivity contribution in [3.63, 3.8) is 0 Å². The minimum atomic E-state index is 0. The molecule has 0 spiro atoms. The molecular weight excluding hydrogens is 205 g/mol. The van der Waals surface area contributed by atoms with Crippen molar-refractivity contribution >= 4 is 20.9 Å². The molecule has 0 amide bonds. The van der Waals surface area contributed by atoms with Crippen LogP contribution in [0.5, 0.6) is 0 Å². The first-order chi connectivity index (χ1) is 5.77. The van der Waals surface area contributed by atoms with E-state index in [0.29, 0.717) is 14.5 Å². The van der Waals surface area contributed by atoms with Gasteiger partial charge in [0.2, 0.25) is 0 Å². The number of unbranched alkanes of at least 4 members (excludes halogenated alkanes) is 4. The summed E-state index contributed by atoms with van der Waals surface area (Å²) in [6.07, 6.45) is 8.07. The summed E-state index contributed by atoms with van der Waals surface area (Å²) in [6.45, 7) is 2.05. The van der Waals surface area contributed by atoms with E-state index in [1.807, 2.05) is 0 Å². The van der Waals surface area contributed by atoms with Gasteiger partial charge >= 0.3 is 0 Å². The summed E-state index contributed by atoms with van der Waals surface area (Å²) < 4.78 is 10.1. The van der Waals surface area contributed by atoms with Crippen LogP contribution in [0.4, 0.5) is 0 Å². The van der Waals surface area contributed by atoms with E-state index >= 15 is 0 Å². The van der Waals surface area contributed by atoms with E-state index in [1.54, 1.807) is 0 Å². The Labute approximate surface area is 89.3 Å². The second-order valence-electron chi connectivity index (χ2n) is 3.39. The molecule has 0 aliphatic heterocycles. The van der Waals surface area contributed by atoms with Gasteiger partial charge in [0, 0.05) is 12.2 Å². The molecule has 0 aromatic heterocycles. The van der Waals surface area contributed by atoms with Crippen molar-refractivity contribution in [3.05, 3.63) is 0 Å². The SMILES string of the molecule is CC(N)CCCCCCCP=O.Cl. The van der Waals surface area contributed by atoms with Gasteiger partial charge < -0.3 is 5.73 Å². The van der Waals surface area contributed by atoms with Gasteiger partial charge in [0.05, 0.1) is 0 Å². The molecule has 4 heteroatoms. The van der Waals surface area contributed by atoms with Gasteiger partial charge in [-0.15, -0.1) is 12.4 Å². The number of hydrogen-bond donors (Lipinski definition) is 1. The van der Waals surface area contributed by atoms with E-state index in [4.69, 9.17) is 5.73 Å². The van der Waals surface area contributed by atoms with Crippen LogP contribution in [0.3, 0.4) is 0 Å². The third kappa shape index (κ3) is 15.1. The molecule has 0 fully saturated rings. The van der Waals surface area contributed by atoms with Gasteiger partial charge in [-0.3, -0.25) is 4.57 Å². The van der Waals surface area contributed by atoms with Crippen LogP contribution < -0.4 is 5.73 Å². The second-order valence-corrected chi connectivity index (χ2v) is 4.09. The first kappa shape index (κ1) is 15.8. The summed E-state index contributed by atoms with van der Waals surface area (Å²) in [5, 5.41) is 0. The molecular formula is C9H21ClNOP. The fourth-order valence-electron chi connectivity index (χ4n) is 1.17. The molecule has 0 aliphatic rings. The van der Waals surface area contributed by atoms with Crippen molar-refractivity contribution < 1.29 is 4.57 Å². The molecule has 0 saturated carbocycles. The normalized spacial score (nSPS) is 12.5. The lowest BCUT2D eigenvalue weighted by Crippen LogP contribution is -2.13. The van der Waals surface area contributed by atoms with Crippen molar-refractivity contribution in [2.75, 3.05) is 6.16 Å². The molecule has 0 aromatic carbocycles. The molecule has 0 bridgehead atoms. The maximum Gasteiger partial charge on any atom is 0.155 e. The molecule has 0 heterocycles. The maximum absolute atomic E-state index is 10.1.